The highest BCUT2D eigenvalue weighted by molar-refractivity contribution is 5.83. The normalized spacial score (nSPS) is 23.1. The summed E-state index contributed by atoms with van der Waals surface area (Å²) in [6.45, 7) is 7.07. The second-order valence-corrected chi connectivity index (χ2v) is 7.63. The lowest BCUT2D eigenvalue weighted by Crippen LogP contribution is -2.23. The summed E-state index contributed by atoms with van der Waals surface area (Å²) in [4.78, 5) is 14.2. The molecule has 1 heterocycles. The molecule has 1 aliphatic rings. The molecule has 3 N–H and O–H groups in total. The van der Waals surface area contributed by atoms with Gasteiger partial charge in [0.15, 0.2) is 0 Å². The minimum atomic E-state index is 0.370. The Morgan fingerprint density at radius 2 is 2.04 bits per heavy atom. The van der Waals surface area contributed by atoms with Crippen LogP contribution in [0.5, 0.6) is 0 Å². The first-order valence-corrected chi connectivity index (χ1v) is 9.79. The molecule has 1 fully saturated rings. The maximum absolute atomic E-state index is 11.0. The Morgan fingerprint density at radius 3 is 2.72 bits per heavy atom. The second kappa shape index (κ2) is 9.76. The van der Waals surface area contributed by atoms with Crippen LogP contribution in [0.15, 0.2) is 30.5 Å². The van der Waals surface area contributed by atoms with Gasteiger partial charge in [0.2, 0.25) is 0 Å². The minimum Gasteiger partial charge on any atom is -0.361 e. The standard InChI is InChI=1S/C12H22O.C10H12N2/c1-4-12-8-11(7-10(3)13)6-5-9(12)2;11-6-5-8-7-12-10-4-2-1-3-9(8)10/h9,11-12H,4-8H2,1-3H3;1-4,7,12H,5-6,11H2. The van der Waals surface area contributed by atoms with Crippen molar-refractivity contribution in [1.29, 1.82) is 0 Å². The summed E-state index contributed by atoms with van der Waals surface area (Å²) in [5, 5.41) is 1.29. The van der Waals surface area contributed by atoms with E-state index in [0.717, 1.165) is 24.7 Å². The van der Waals surface area contributed by atoms with E-state index in [4.69, 9.17) is 5.73 Å². The van der Waals surface area contributed by atoms with Gasteiger partial charge in [-0.15, -0.1) is 0 Å². The van der Waals surface area contributed by atoms with E-state index in [1.165, 1.54) is 42.1 Å². The van der Waals surface area contributed by atoms with Crippen molar-refractivity contribution >= 4 is 16.7 Å². The van der Waals surface area contributed by atoms with Crippen molar-refractivity contribution in [2.45, 2.75) is 59.3 Å². The van der Waals surface area contributed by atoms with Gasteiger partial charge in [-0.05, 0) is 62.1 Å². The third-order valence-corrected chi connectivity index (χ3v) is 5.66. The van der Waals surface area contributed by atoms with Crippen LogP contribution in [0.3, 0.4) is 0 Å². The predicted molar refractivity (Wildman–Crippen MR) is 107 cm³/mol. The molecule has 0 amide bonds. The largest absolute Gasteiger partial charge is 0.361 e. The number of aromatic amines is 1. The topological polar surface area (TPSA) is 58.9 Å². The van der Waals surface area contributed by atoms with Crippen molar-refractivity contribution < 1.29 is 4.79 Å². The first kappa shape index (κ1) is 19.7. The average Bonchev–Trinajstić information content (AvgIpc) is 3.00. The molecule has 3 atom stereocenters. The smallest absolute Gasteiger partial charge is 0.130 e. The molecule has 1 aliphatic carbocycles. The molecule has 0 radical (unpaired) electrons. The van der Waals surface area contributed by atoms with E-state index in [1.807, 2.05) is 12.3 Å². The first-order valence-electron chi connectivity index (χ1n) is 9.79. The van der Waals surface area contributed by atoms with Gasteiger partial charge >= 0.3 is 0 Å². The highest BCUT2D eigenvalue weighted by Gasteiger charge is 2.26. The van der Waals surface area contributed by atoms with Crippen molar-refractivity contribution in [3.63, 3.8) is 0 Å². The highest BCUT2D eigenvalue weighted by Crippen LogP contribution is 2.36. The summed E-state index contributed by atoms with van der Waals surface area (Å²) in [6.07, 6.45) is 8.99. The van der Waals surface area contributed by atoms with Crippen LogP contribution in [0.25, 0.3) is 10.9 Å². The van der Waals surface area contributed by atoms with Gasteiger partial charge in [-0.25, -0.2) is 0 Å². The number of fused-ring (bicyclic) bond motifs is 1. The summed E-state index contributed by atoms with van der Waals surface area (Å²) in [5.74, 6) is 2.82. The lowest BCUT2D eigenvalue weighted by Gasteiger charge is -2.33. The number of hydrogen-bond acceptors (Lipinski definition) is 2. The quantitative estimate of drug-likeness (QED) is 0.794. The Hall–Kier alpha value is -1.61. The molecular formula is C22H34N2O. The van der Waals surface area contributed by atoms with Gasteiger partial charge < -0.3 is 15.5 Å². The number of benzene rings is 1. The summed E-state index contributed by atoms with van der Waals surface area (Å²) in [7, 11) is 0. The van der Waals surface area contributed by atoms with Crippen LogP contribution in [0.4, 0.5) is 0 Å². The molecule has 3 heteroatoms. The van der Waals surface area contributed by atoms with Crippen molar-refractivity contribution in [1.82, 2.24) is 4.98 Å². The molecule has 1 saturated carbocycles. The van der Waals surface area contributed by atoms with Gasteiger partial charge in [-0.1, -0.05) is 44.9 Å². The molecule has 0 spiro atoms. The fourth-order valence-electron chi connectivity index (χ4n) is 4.17. The highest BCUT2D eigenvalue weighted by atomic mass is 16.1. The fourth-order valence-corrected chi connectivity index (χ4v) is 4.17. The van der Waals surface area contributed by atoms with Crippen LogP contribution >= 0.6 is 0 Å². The zero-order valence-corrected chi connectivity index (χ0v) is 16.1. The number of rotatable bonds is 5. The molecule has 3 unspecified atom stereocenters. The number of carbonyl (C=O) groups is 1. The Morgan fingerprint density at radius 1 is 1.28 bits per heavy atom. The van der Waals surface area contributed by atoms with E-state index in [2.05, 4.69) is 37.0 Å². The third kappa shape index (κ3) is 5.71. The minimum absolute atomic E-state index is 0.370. The van der Waals surface area contributed by atoms with Crippen LogP contribution in [0, 0.1) is 17.8 Å². The maximum atomic E-state index is 11.0. The van der Waals surface area contributed by atoms with Gasteiger partial charge in [0.25, 0.3) is 0 Å². The predicted octanol–water partition coefficient (Wildman–Crippen LogP) is 5.10. The Labute approximate surface area is 152 Å². The van der Waals surface area contributed by atoms with Crippen LogP contribution in [-0.4, -0.2) is 17.3 Å². The van der Waals surface area contributed by atoms with Gasteiger partial charge in [0.1, 0.15) is 5.78 Å². The van der Waals surface area contributed by atoms with E-state index < -0.39 is 0 Å². The molecule has 1 aromatic heterocycles. The Balaban J connectivity index is 0.000000181. The molecule has 25 heavy (non-hydrogen) atoms. The van der Waals surface area contributed by atoms with E-state index >= 15 is 0 Å². The van der Waals surface area contributed by atoms with Gasteiger partial charge in [-0.3, -0.25) is 0 Å². The molecule has 1 aromatic carbocycles. The number of Topliss-reactive ketones (excluding diaryl/α,β-unsaturated/α-hetero) is 1. The molecular weight excluding hydrogens is 308 g/mol. The van der Waals surface area contributed by atoms with E-state index in [1.54, 1.807) is 6.92 Å². The monoisotopic (exact) mass is 342 g/mol. The number of nitrogens with one attached hydrogen (secondary N) is 1. The van der Waals surface area contributed by atoms with Crippen molar-refractivity contribution in [2.75, 3.05) is 6.54 Å². The van der Waals surface area contributed by atoms with Crippen LogP contribution in [0.1, 0.15) is 58.4 Å². The average molecular weight is 343 g/mol. The second-order valence-electron chi connectivity index (χ2n) is 7.63. The summed E-state index contributed by atoms with van der Waals surface area (Å²) >= 11 is 0. The lowest BCUT2D eigenvalue weighted by molar-refractivity contribution is -0.118. The van der Waals surface area contributed by atoms with E-state index in [9.17, 15) is 4.79 Å². The number of H-pyrrole nitrogens is 1. The van der Waals surface area contributed by atoms with E-state index in [-0.39, 0.29) is 0 Å². The fraction of sp³-hybridized carbons (Fsp3) is 0.591. The van der Waals surface area contributed by atoms with Crippen molar-refractivity contribution in [2.24, 2.45) is 23.5 Å². The Kier molecular flexibility index (Phi) is 7.70. The molecule has 3 rings (SSSR count). The molecule has 0 saturated heterocycles. The summed E-state index contributed by atoms with van der Waals surface area (Å²) in [5.41, 5.74) is 8.01. The van der Waals surface area contributed by atoms with Gasteiger partial charge in [0, 0.05) is 23.5 Å². The van der Waals surface area contributed by atoms with Crippen LogP contribution in [0.2, 0.25) is 0 Å². The molecule has 2 aromatic rings. The number of ketones is 1. The number of carbonyl (C=O) groups excluding carboxylic acids is 1. The number of hydrogen-bond donors (Lipinski definition) is 2. The van der Waals surface area contributed by atoms with Crippen LogP contribution < -0.4 is 5.73 Å². The van der Waals surface area contributed by atoms with Crippen molar-refractivity contribution in [3.05, 3.63) is 36.0 Å². The van der Waals surface area contributed by atoms with Gasteiger partial charge in [-0.2, -0.15) is 0 Å². The lowest BCUT2D eigenvalue weighted by atomic mass is 9.72. The maximum Gasteiger partial charge on any atom is 0.130 e. The molecule has 3 nitrogen and oxygen atoms in total. The molecule has 0 bridgehead atoms. The SMILES string of the molecule is CCC1CC(CC(C)=O)CCC1C.NCCc1c[nH]c2ccccc12. The first-order chi connectivity index (χ1) is 12.0. The zero-order valence-electron chi connectivity index (χ0n) is 16.1. The molecule has 0 aliphatic heterocycles. The summed E-state index contributed by atoms with van der Waals surface area (Å²) in [6, 6.07) is 8.29. The number of aromatic nitrogens is 1. The Bertz CT molecular complexity index is 661. The van der Waals surface area contributed by atoms with Gasteiger partial charge in [0.05, 0.1) is 0 Å². The van der Waals surface area contributed by atoms with E-state index in [0.29, 0.717) is 18.2 Å². The zero-order chi connectivity index (χ0) is 18.2. The number of nitrogens with two attached hydrogens (primary N) is 1. The van der Waals surface area contributed by atoms with Crippen molar-refractivity contribution in [3.8, 4) is 0 Å². The van der Waals surface area contributed by atoms with Crippen LogP contribution in [-0.2, 0) is 11.2 Å². The third-order valence-electron chi connectivity index (χ3n) is 5.66. The molecule has 138 valence electrons. The summed E-state index contributed by atoms with van der Waals surface area (Å²) < 4.78 is 0. The number of para-hydroxylation sites is 1.